The van der Waals surface area contributed by atoms with E-state index in [0.717, 1.165) is 0 Å². The van der Waals surface area contributed by atoms with Gasteiger partial charge in [0.05, 0.1) is 15.9 Å². The Morgan fingerprint density at radius 1 is 1.03 bits per heavy atom. The lowest BCUT2D eigenvalue weighted by Gasteiger charge is -2.13. The monoisotopic (exact) mass is 494 g/mol. The molecule has 1 aromatic carbocycles. The third kappa shape index (κ3) is 5.92. The van der Waals surface area contributed by atoms with E-state index in [-0.39, 0.29) is 71.7 Å². The number of Topliss-reactive ketones (excluding diaryl/α,β-unsaturated/α-hetero) is 2. The molecule has 0 fully saturated rings. The quantitative estimate of drug-likeness (QED) is 0.426. The number of carbonyl (C=O) groups is 2. The van der Waals surface area contributed by atoms with Crippen LogP contribution in [0, 0.1) is 17.2 Å². The molecule has 0 bridgehead atoms. The Hall–Kier alpha value is -3.57. The van der Waals surface area contributed by atoms with Crippen molar-refractivity contribution >= 4 is 34.1 Å². The van der Waals surface area contributed by atoms with Gasteiger partial charge in [-0.05, 0) is 49.1 Å². The molecule has 0 aliphatic heterocycles. The number of halogens is 1. The maximum atomic E-state index is 12.8. The summed E-state index contributed by atoms with van der Waals surface area (Å²) >= 11 is 5.97. The second-order valence-electron chi connectivity index (χ2n) is 8.66. The van der Waals surface area contributed by atoms with Crippen LogP contribution in [0.25, 0.3) is 10.9 Å². The molecule has 9 heteroatoms. The molecule has 0 aliphatic rings. The predicted octanol–water partition coefficient (Wildman–Crippen LogP) is 3.46. The molecular formula is C26H27ClN4O4. The molecule has 0 N–H and O–H groups in total. The van der Waals surface area contributed by atoms with Gasteiger partial charge in [-0.15, -0.1) is 0 Å². The molecule has 35 heavy (non-hydrogen) atoms. The zero-order valence-electron chi connectivity index (χ0n) is 20.0. The zero-order chi connectivity index (χ0) is 25.7. The van der Waals surface area contributed by atoms with Gasteiger partial charge in [0.25, 0.3) is 5.56 Å². The summed E-state index contributed by atoms with van der Waals surface area (Å²) in [7, 11) is 0. The third-order valence-electron chi connectivity index (χ3n) is 5.88. The van der Waals surface area contributed by atoms with E-state index in [4.69, 9.17) is 16.9 Å². The minimum absolute atomic E-state index is 0.0348. The summed E-state index contributed by atoms with van der Waals surface area (Å²) in [6.45, 7) is 6.15. The van der Waals surface area contributed by atoms with E-state index >= 15 is 0 Å². The van der Waals surface area contributed by atoms with E-state index < -0.39 is 0 Å². The van der Waals surface area contributed by atoms with Crippen molar-refractivity contribution < 1.29 is 9.59 Å². The first-order valence-corrected chi connectivity index (χ1v) is 11.9. The summed E-state index contributed by atoms with van der Waals surface area (Å²) in [6, 6.07) is 8.60. The number of nitrogens with zero attached hydrogens (tertiary/aromatic N) is 4. The molecule has 2 heterocycles. The Balaban J connectivity index is 1.66. The molecule has 0 saturated heterocycles. The van der Waals surface area contributed by atoms with E-state index in [1.54, 1.807) is 35.8 Å². The molecule has 0 spiro atoms. The van der Waals surface area contributed by atoms with Crippen LogP contribution in [0.1, 0.15) is 50.4 Å². The van der Waals surface area contributed by atoms with Gasteiger partial charge in [-0.25, -0.2) is 9.78 Å². The molecule has 182 valence electrons. The maximum Gasteiger partial charge on any atom is 0.331 e. The van der Waals surface area contributed by atoms with Crippen molar-refractivity contribution in [2.75, 3.05) is 0 Å². The summed E-state index contributed by atoms with van der Waals surface area (Å²) in [6.07, 6.45) is 2.18. The van der Waals surface area contributed by atoms with Crippen molar-refractivity contribution in [2.45, 2.75) is 59.5 Å². The zero-order valence-corrected chi connectivity index (χ0v) is 20.8. The van der Waals surface area contributed by atoms with Gasteiger partial charge in [-0.2, -0.15) is 5.26 Å². The third-order valence-corrected chi connectivity index (χ3v) is 6.17. The lowest BCUT2D eigenvalue weighted by Crippen LogP contribution is -2.39. The number of benzene rings is 1. The summed E-state index contributed by atoms with van der Waals surface area (Å²) < 4.78 is 2.75. The molecule has 2 aromatic heterocycles. The fourth-order valence-corrected chi connectivity index (χ4v) is 4.50. The number of hydrogen-bond donors (Lipinski definition) is 0. The summed E-state index contributed by atoms with van der Waals surface area (Å²) in [5, 5.41) is 9.52. The molecule has 1 atom stereocenters. The number of rotatable bonds is 10. The van der Waals surface area contributed by atoms with Gasteiger partial charge >= 0.3 is 5.69 Å². The first-order chi connectivity index (χ1) is 16.7. The Morgan fingerprint density at radius 2 is 1.66 bits per heavy atom. The Kier molecular flexibility index (Phi) is 8.36. The second kappa shape index (κ2) is 11.2. The molecular weight excluding hydrogens is 468 g/mol. The second-order valence-corrected chi connectivity index (χ2v) is 9.07. The summed E-state index contributed by atoms with van der Waals surface area (Å²) in [5.41, 5.74) is 1.29. The Bertz CT molecular complexity index is 1450. The first kappa shape index (κ1) is 26.0. The van der Waals surface area contributed by atoms with Gasteiger partial charge in [-0.3, -0.25) is 23.5 Å². The minimum Gasteiger partial charge on any atom is -0.299 e. The van der Waals surface area contributed by atoms with Crippen LogP contribution in [0.4, 0.5) is 0 Å². The normalized spacial score (nSPS) is 11.9. The largest absolute Gasteiger partial charge is 0.331 e. The van der Waals surface area contributed by atoms with Crippen LogP contribution in [0.2, 0.25) is 5.02 Å². The average Bonchev–Trinajstić information content (AvgIpc) is 2.80. The molecule has 8 nitrogen and oxygen atoms in total. The lowest BCUT2D eigenvalue weighted by atomic mass is 9.93. The van der Waals surface area contributed by atoms with Crippen molar-refractivity contribution in [3.05, 3.63) is 73.1 Å². The van der Waals surface area contributed by atoms with Crippen molar-refractivity contribution in [1.29, 1.82) is 5.26 Å². The van der Waals surface area contributed by atoms with E-state index in [2.05, 4.69) is 4.98 Å². The van der Waals surface area contributed by atoms with Crippen LogP contribution >= 0.6 is 11.6 Å². The number of ketones is 2. The number of aryl methyl sites for hydroxylation is 1. The van der Waals surface area contributed by atoms with E-state index in [9.17, 15) is 19.2 Å². The number of aromatic nitrogens is 3. The van der Waals surface area contributed by atoms with Crippen LogP contribution in [0.15, 0.2) is 40.1 Å². The van der Waals surface area contributed by atoms with E-state index in [1.165, 1.54) is 10.8 Å². The van der Waals surface area contributed by atoms with Crippen molar-refractivity contribution in [1.82, 2.24) is 14.1 Å². The van der Waals surface area contributed by atoms with Crippen molar-refractivity contribution in [2.24, 2.45) is 5.92 Å². The average molecular weight is 495 g/mol. The fourth-order valence-electron chi connectivity index (χ4n) is 4.27. The highest BCUT2D eigenvalue weighted by atomic mass is 35.5. The summed E-state index contributed by atoms with van der Waals surface area (Å²) in [5.74, 6) is -0.233. The lowest BCUT2D eigenvalue weighted by molar-refractivity contribution is -0.121. The number of fused-ring (bicyclic) bond motifs is 1. The highest BCUT2D eigenvalue weighted by Gasteiger charge is 2.17. The minimum atomic E-state index is -0.358. The van der Waals surface area contributed by atoms with Crippen LogP contribution in [0.3, 0.4) is 0 Å². The number of hydrogen-bond acceptors (Lipinski definition) is 6. The predicted molar refractivity (Wildman–Crippen MR) is 134 cm³/mol. The number of pyridine rings is 1. The highest BCUT2D eigenvalue weighted by molar-refractivity contribution is 6.31. The first-order valence-electron chi connectivity index (χ1n) is 11.5. The topological polar surface area (TPSA) is 115 Å². The Morgan fingerprint density at radius 3 is 2.23 bits per heavy atom. The van der Waals surface area contributed by atoms with Crippen molar-refractivity contribution in [3.63, 3.8) is 0 Å². The van der Waals surface area contributed by atoms with Gasteiger partial charge in [0.1, 0.15) is 17.6 Å². The molecule has 0 aliphatic carbocycles. The molecule has 3 aromatic rings. The van der Waals surface area contributed by atoms with Crippen LogP contribution < -0.4 is 11.2 Å². The molecule has 3 rings (SSSR count). The van der Waals surface area contributed by atoms with Gasteiger partial charge in [0, 0.05) is 45.0 Å². The number of carbonyl (C=O) groups excluding carboxylic acids is 2. The highest BCUT2D eigenvalue weighted by Crippen LogP contribution is 2.18. The Labute approximate surface area is 207 Å². The van der Waals surface area contributed by atoms with E-state index in [1.807, 2.05) is 19.9 Å². The van der Waals surface area contributed by atoms with Gasteiger partial charge < -0.3 is 0 Å². The van der Waals surface area contributed by atoms with Crippen LogP contribution in [-0.4, -0.2) is 25.7 Å². The van der Waals surface area contributed by atoms with Gasteiger partial charge in [-0.1, -0.05) is 24.6 Å². The van der Waals surface area contributed by atoms with Crippen molar-refractivity contribution in [3.8, 4) is 6.07 Å². The molecule has 0 amide bonds. The van der Waals surface area contributed by atoms with Crippen LogP contribution in [-0.2, 0) is 35.5 Å². The van der Waals surface area contributed by atoms with E-state index in [0.29, 0.717) is 28.6 Å². The van der Waals surface area contributed by atoms with Gasteiger partial charge in [0.15, 0.2) is 5.69 Å². The summed E-state index contributed by atoms with van der Waals surface area (Å²) in [4.78, 5) is 54.4. The SMILES string of the molecule is CCn1c(=O)c2cc(CC(=O)CC(C)CC(=O)Cc3cnc(C#N)c(Cl)c3)ccc2n(CC)c1=O. The fraction of sp³-hybridized carbons (Fsp3) is 0.385. The smallest absolute Gasteiger partial charge is 0.299 e. The maximum absolute atomic E-state index is 12.8. The van der Waals surface area contributed by atoms with Crippen LogP contribution in [0.5, 0.6) is 0 Å². The number of nitriles is 1. The molecule has 1 unspecified atom stereocenters. The molecule has 0 radical (unpaired) electrons. The standard InChI is InChI=1S/C26H27ClN4O4/c1-4-30-24-7-6-17(12-21(24)25(34)31(5-2)26(30)35)10-19(32)8-16(3)9-20(33)11-18-13-22(27)23(14-28)29-15-18/h6-7,12-13,15-16H,4-5,8-11H2,1-3H3. The van der Waals surface area contributed by atoms with Gasteiger partial charge in [0.2, 0.25) is 0 Å². The molecule has 0 saturated carbocycles.